The van der Waals surface area contributed by atoms with Crippen molar-refractivity contribution in [1.82, 2.24) is 4.90 Å². The van der Waals surface area contributed by atoms with E-state index < -0.39 is 5.92 Å². The lowest BCUT2D eigenvalue weighted by Crippen LogP contribution is -2.48. The average Bonchev–Trinajstić information content (AvgIpc) is 3.21. The molecular formula is C25H29N3O4. The molecule has 2 aliphatic rings. The van der Waals surface area contributed by atoms with Crippen molar-refractivity contribution in [2.24, 2.45) is 5.92 Å². The lowest BCUT2D eigenvalue weighted by atomic mass is 10.1. The largest absolute Gasteiger partial charge is 0.466 e. The molecule has 0 bridgehead atoms. The first-order valence-electron chi connectivity index (χ1n) is 11.1. The van der Waals surface area contributed by atoms with Crippen molar-refractivity contribution in [2.75, 3.05) is 49.1 Å². The number of benzene rings is 2. The Bertz CT molecular complexity index is 979. The molecule has 0 N–H and O–H groups in total. The number of hydrogen-bond acceptors (Lipinski definition) is 5. The van der Waals surface area contributed by atoms with Crippen LogP contribution in [-0.2, 0) is 14.3 Å². The summed E-state index contributed by atoms with van der Waals surface area (Å²) in [5.74, 6) is -0.693. The summed E-state index contributed by atoms with van der Waals surface area (Å²) >= 11 is 0. The van der Waals surface area contributed by atoms with Crippen LogP contribution in [-0.4, -0.2) is 62.0 Å². The first-order valence-corrected chi connectivity index (χ1v) is 11.1. The minimum absolute atomic E-state index is 0.0564. The van der Waals surface area contributed by atoms with E-state index in [0.29, 0.717) is 26.2 Å². The van der Waals surface area contributed by atoms with Gasteiger partial charge in [-0.15, -0.1) is 0 Å². The third-order valence-electron chi connectivity index (χ3n) is 6.14. The third kappa shape index (κ3) is 4.61. The maximum Gasteiger partial charge on any atom is 0.311 e. The molecule has 0 spiro atoms. The highest BCUT2D eigenvalue weighted by Gasteiger charge is 2.36. The Labute approximate surface area is 188 Å². The number of esters is 1. The van der Waals surface area contributed by atoms with E-state index in [1.165, 1.54) is 0 Å². The normalized spacial score (nSPS) is 18.8. The van der Waals surface area contributed by atoms with Crippen molar-refractivity contribution in [2.45, 2.75) is 20.3 Å². The second-order valence-electron chi connectivity index (χ2n) is 8.32. The number of aryl methyl sites for hydroxylation is 1. The molecule has 0 aliphatic carbocycles. The second-order valence-corrected chi connectivity index (χ2v) is 8.32. The average molecular weight is 436 g/mol. The molecule has 7 nitrogen and oxygen atoms in total. The number of hydrogen-bond donors (Lipinski definition) is 0. The standard InChI is InChI=1S/C25H29N3O4/c1-3-32-25(31)20-16-23(29)28(17-20)22-10-8-21(9-11-22)26-12-14-27(15-13-26)24(30)19-6-4-18(2)5-7-19/h4-11,20H,3,12-17H2,1-2H3. The Kier molecular flexibility index (Phi) is 6.44. The van der Waals surface area contributed by atoms with Crippen molar-refractivity contribution in [3.05, 3.63) is 59.7 Å². The van der Waals surface area contributed by atoms with Crippen LogP contribution in [0.25, 0.3) is 0 Å². The van der Waals surface area contributed by atoms with E-state index >= 15 is 0 Å². The molecule has 2 heterocycles. The molecular weight excluding hydrogens is 406 g/mol. The van der Waals surface area contributed by atoms with Crippen LogP contribution >= 0.6 is 0 Å². The van der Waals surface area contributed by atoms with Crippen molar-refractivity contribution in [1.29, 1.82) is 0 Å². The van der Waals surface area contributed by atoms with E-state index in [4.69, 9.17) is 4.74 Å². The van der Waals surface area contributed by atoms with Crippen LogP contribution in [0.2, 0.25) is 0 Å². The maximum absolute atomic E-state index is 12.7. The van der Waals surface area contributed by atoms with E-state index in [9.17, 15) is 14.4 Å². The van der Waals surface area contributed by atoms with Gasteiger partial charge in [0, 0.05) is 56.1 Å². The van der Waals surface area contributed by atoms with Gasteiger partial charge in [-0.2, -0.15) is 0 Å². The van der Waals surface area contributed by atoms with Crippen LogP contribution in [0.15, 0.2) is 48.5 Å². The lowest BCUT2D eigenvalue weighted by molar-refractivity contribution is -0.147. The van der Waals surface area contributed by atoms with Crippen LogP contribution in [0.1, 0.15) is 29.3 Å². The fourth-order valence-corrected chi connectivity index (χ4v) is 4.26. The molecule has 2 aromatic rings. The predicted octanol–water partition coefficient (Wildman–Crippen LogP) is 2.87. The summed E-state index contributed by atoms with van der Waals surface area (Å²) in [6.07, 6.45) is 0.192. The molecule has 0 saturated carbocycles. The fraction of sp³-hybridized carbons (Fsp3) is 0.400. The number of carbonyl (C=O) groups excluding carboxylic acids is 3. The highest BCUT2D eigenvalue weighted by Crippen LogP contribution is 2.28. The van der Waals surface area contributed by atoms with Gasteiger partial charge in [0.2, 0.25) is 5.91 Å². The molecule has 0 aromatic heterocycles. The molecule has 4 rings (SSSR count). The predicted molar refractivity (Wildman–Crippen MR) is 123 cm³/mol. The van der Waals surface area contributed by atoms with E-state index in [2.05, 4.69) is 4.90 Å². The first kappa shape index (κ1) is 21.9. The first-order chi connectivity index (χ1) is 15.5. The maximum atomic E-state index is 12.7. The monoisotopic (exact) mass is 435 g/mol. The van der Waals surface area contributed by atoms with Gasteiger partial charge in [0.1, 0.15) is 0 Å². The van der Waals surface area contributed by atoms with Crippen LogP contribution in [0.3, 0.4) is 0 Å². The number of anilines is 2. The molecule has 2 aromatic carbocycles. The Morgan fingerprint density at radius 2 is 1.56 bits per heavy atom. The molecule has 2 fully saturated rings. The Morgan fingerprint density at radius 1 is 0.938 bits per heavy atom. The fourth-order valence-electron chi connectivity index (χ4n) is 4.26. The number of carbonyl (C=O) groups is 3. The van der Waals surface area contributed by atoms with E-state index in [-0.39, 0.29) is 24.2 Å². The Balaban J connectivity index is 1.34. The molecule has 1 atom stereocenters. The van der Waals surface area contributed by atoms with E-state index in [0.717, 1.165) is 35.6 Å². The van der Waals surface area contributed by atoms with Crippen LogP contribution in [0, 0.1) is 12.8 Å². The topological polar surface area (TPSA) is 70.2 Å². The molecule has 0 radical (unpaired) electrons. The number of piperazine rings is 1. The van der Waals surface area contributed by atoms with Gasteiger partial charge in [0.05, 0.1) is 12.5 Å². The van der Waals surface area contributed by atoms with Gasteiger partial charge in [0.15, 0.2) is 0 Å². The van der Waals surface area contributed by atoms with Crippen LogP contribution < -0.4 is 9.80 Å². The van der Waals surface area contributed by atoms with Gasteiger partial charge in [-0.3, -0.25) is 14.4 Å². The molecule has 7 heteroatoms. The molecule has 2 aliphatic heterocycles. The summed E-state index contributed by atoms with van der Waals surface area (Å²) < 4.78 is 5.06. The van der Waals surface area contributed by atoms with Gasteiger partial charge in [0.25, 0.3) is 5.91 Å². The van der Waals surface area contributed by atoms with Crippen molar-refractivity contribution >= 4 is 29.2 Å². The summed E-state index contributed by atoms with van der Waals surface area (Å²) in [6, 6.07) is 15.5. The van der Waals surface area contributed by atoms with E-state index in [1.54, 1.807) is 11.8 Å². The van der Waals surface area contributed by atoms with Crippen molar-refractivity contribution < 1.29 is 19.1 Å². The summed E-state index contributed by atoms with van der Waals surface area (Å²) in [6.45, 7) is 7.30. The highest BCUT2D eigenvalue weighted by molar-refractivity contribution is 5.99. The van der Waals surface area contributed by atoms with Gasteiger partial charge in [-0.05, 0) is 50.2 Å². The van der Waals surface area contributed by atoms with Crippen molar-refractivity contribution in [3.63, 3.8) is 0 Å². The summed E-state index contributed by atoms with van der Waals surface area (Å²) in [5.41, 5.74) is 3.72. The zero-order valence-corrected chi connectivity index (χ0v) is 18.6. The summed E-state index contributed by atoms with van der Waals surface area (Å²) in [5, 5.41) is 0. The second kappa shape index (κ2) is 9.42. The minimum Gasteiger partial charge on any atom is -0.466 e. The van der Waals surface area contributed by atoms with Gasteiger partial charge < -0.3 is 19.4 Å². The van der Waals surface area contributed by atoms with E-state index in [1.807, 2.05) is 60.4 Å². The third-order valence-corrected chi connectivity index (χ3v) is 6.14. The summed E-state index contributed by atoms with van der Waals surface area (Å²) in [4.78, 5) is 42.9. The van der Waals surface area contributed by atoms with Crippen LogP contribution in [0.5, 0.6) is 0 Å². The molecule has 32 heavy (non-hydrogen) atoms. The Hall–Kier alpha value is -3.35. The van der Waals surface area contributed by atoms with Crippen LogP contribution in [0.4, 0.5) is 11.4 Å². The smallest absolute Gasteiger partial charge is 0.311 e. The Morgan fingerprint density at radius 3 is 2.19 bits per heavy atom. The number of amides is 2. The van der Waals surface area contributed by atoms with Gasteiger partial charge in [-0.1, -0.05) is 17.7 Å². The molecule has 1 unspecified atom stereocenters. The SMILES string of the molecule is CCOC(=O)C1CC(=O)N(c2ccc(N3CCN(C(=O)c4ccc(C)cc4)CC3)cc2)C1. The summed E-state index contributed by atoms with van der Waals surface area (Å²) in [7, 11) is 0. The minimum atomic E-state index is -0.402. The number of rotatable bonds is 5. The van der Waals surface area contributed by atoms with Crippen molar-refractivity contribution in [3.8, 4) is 0 Å². The quantitative estimate of drug-likeness (QED) is 0.676. The zero-order chi connectivity index (χ0) is 22.7. The van der Waals surface area contributed by atoms with Gasteiger partial charge >= 0.3 is 5.97 Å². The number of nitrogens with zero attached hydrogens (tertiary/aromatic N) is 3. The lowest BCUT2D eigenvalue weighted by Gasteiger charge is -2.36. The molecule has 2 saturated heterocycles. The molecule has 168 valence electrons. The highest BCUT2D eigenvalue weighted by atomic mass is 16.5. The number of ether oxygens (including phenoxy) is 1. The van der Waals surface area contributed by atoms with Gasteiger partial charge in [-0.25, -0.2) is 0 Å². The zero-order valence-electron chi connectivity index (χ0n) is 18.6. The molecule has 2 amide bonds.